The Balaban J connectivity index is 1.57. The van der Waals surface area contributed by atoms with Crippen LogP contribution in [0.1, 0.15) is 0 Å². The van der Waals surface area contributed by atoms with Gasteiger partial charge >= 0.3 is 0 Å². The Morgan fingerprint density at radius 3 is 2.96 bits per heavy atom. The van der Waals surface area contributed by atoms with Crippen molar-refractivity contribution in [3.63, 3.8) is 0 Å². The van der Waals surface area contributed by atoms with Crippen LogP contribution < -0.4 is 15.6 Å². The Hall–Kier alpha value is -2.91. The zero-order valence-electron chi connectivity index (χ0n) is 14.4. The van der Waals surface area contributed by atoms with Crippen molar-refractivity contribution in [3.8, 4) is 5.75 Å². The molecule has 0 bridgehead atoms. The molecule has 27 heavy (non-hydrogen) atoms. The van der Waals surface area contributed by atoms with Gasteiger partial charge in [0.15, 0.2) is 10.8 Å². The minimum atomic E-state index is -0.250. The van der Waals surface area contributed by atoms with Crippen LogP contribution in [0.15, 0.2) is 35.4 Å². The lowest BCUT2D eigenvalue weighted by Gasteiger charge is -2.04. The van der Waals surface area contributed by atoms with E-state index in [1.165, 1.54) is 35.4 Å². The fourth-order valence-corrected chi connectivity index (χ4v) is 3.96. The average Bonchev–Trinajstić information content (AvgIpc) is 3.20. The molecule has 0 unspecified atom stereocenters. The van der Waals surface area contributed by atoms with Crippen molar-refractivity contribution in [1.29, 1.82) is 0 Å². The van der Waals surface area contributed by atoms with E-state index in [0.29, 0.717) is 32.6 Å². The maximum Gasteiger partial charge on any atom is 0.252 e. The molecule has 0 aliphatic carbocycles. The zero-order valence-corrected chi connectivity index (χ0v) is 16.0. The van der Waals surface area contributed by atoms with Crippen LogP contribution in [0.2, 0.25) is 5.02 Å². The van der Waals surface area contributed by atoms with Gasteiger partial charge in [-0.25, -0.2) is 9.97 Å². The van der Waals surface area contributed by atoms with Gasteiger partial charge in [0, 0.05) is 19.2 Å². The lowest BCUT2D eigenvalue weighted by Crippen LogP contribution is -2.19. The summed E-state index contributed by atoms with van der Waals surface area (Å²) in [5.41, 5.74) is 1.77. The Kier molecular flexibility index (Phi) is 4.33. The molecule has 1 amide bonds. The largest absolute Gasteiger partial charge is 0.495 e. The summed E-state index contributed by atoms with van der Waals surface area (Å²) in [4.78, 5) is 32.7. The topological polar surface area (TPSA) is 91.0 Å². The van der Waals surface area contributed by atoms with Crippen LogP contribution in [-0.2, 0) is 18.4 Å². The maximum atomic E-state index is 12.4. The number of methoxy groups -OCH3 is 1. The van der Waals surface area contributed by atoms with Gasteiger partial charge in [0.1, 0.15) is 12.3 Å². The summed E-state index contributed by atoms with van der Waals surface area (Å²) in [6.45, 7) is 0.0503. The number of nitrogens with zero attached hydrogens (tertiary/aromatic N) is 4. The molecule has 0 aliphatic rings. The molecule has 0 saturated carbocycles. The minimum absolute atomic E-state index is 0.0503. The number of nitrogens with one attached hydrogen (secondary N) is 1. The number of hydrogen-bond acceptors (Lipinski definition) is 6. The van der Waals surface area contributed by atoms with Crippen LogP contribution >= 0.6 is 22.9 Å². The number of carbonyl (C=O) groups excluding carboxylic acids is 1. The van der Waals surface area contributed by atoms with Crippen LogP contribution in [-0.4, -0.2) is 32.1 Å². The van der Waals surface area contributed by atoms with Crippen LogP contribution in [0.5, 0.6) is 5.75 Å². The summed E-state index contributed by atoms with van der Waals surface area (Å²) in [7, 11) is 3.18. The van der Waals surface area contributed by atoms with Gasteiger partial charge in [0.25, 0.3) is 5.56 Å². The Morgan fingerprint density at radius 1 is 1.37 bits per heavy atom. The highest BCUT2D eigenvalue weighted by atomic mass is 35.5. The van der Waals surface area contributed by atoms with Gasteiger partial charge < -0.3 is 14.6 Å². The highest BCUT2D eigenvalue weighted by Crippen LogP contribution is 2.34. The van der Waals surface area contributed by atoms with Crippen molar-refractivity contribution in [1.82, 2.24) is 19.1 Å². The molecule has 1 aromatic carbocycles. The van der Waals surface area contributed by atoms with Gasteiger partial charge in [-0.05, 0) is 12.1 Å². The monoisotopic (exact) mass is 403 g/mol. The van der Waals surface area contributed by atoms with Crippen molar-refractivity contribution >= 4 is 55.4 Å². The number of ether oxygens (including phenoxy) is 1. The lowest BCUT2D eigenvalue weighted by atomic mass is 10.3. The third-order valence-electron chi connectivity index (χ3n) is 4.11. The van der Waals surface area contributed by atoms with Crippen molar-refractivity contribution in [3.05, 3.63) is 46.0 Å². The van der Waals surface area contributed by atoms with Crippen LogP contribution in [0, 0.1) is 0 Å². The third-order valence-corrected chi connectivity index (χ3v) is 5.34. The minimum Gasteiger partial charge on any atom is -0.495 e. The first-order valence-corrected chi connectivity index (χ1v) is 9.10. The molecule has 8 nitrogen and oxygen atoms in total. The van der Waals surface area contributed by atoms with E-state index >= 15 is 0 Å². The van der Waals surface area contributed by atoms with Gasteiger partial charge in [-0.1, -0.05) is 22.9 Å². The van der Waals surface area contributed by atoms with E-state index in [0.717, 1.165) is 4.70 Å². The number of fused-ring (bicyclic) bond motifs is 2. The summed E-state index contributed by atoms with van der Waals surface area (Å²) in [5.74, 6) is 0.281. The molecular formula is C17H14ClN5O3S. The number of aryl methyl sites for hydroxylation is 1. The number of amides is 1. The summed E-state index contributed by atoms with van der Waals surface area (Å²) >= 11 is 7.45. The first kappa shape index (κ1) is 17.5. The molecule has 0 fully saturated rings. The average molecular weight is 404 g/mol. The SMILES string of the molecule is COc1cc2nc(NC(=O)Cn3cnc4c3ccc(=O)n4C)sc2cc1Cl. The number of aromatic nitrogens is 4. The van der Waals surface area contributed by atoms with E-state index in [1.54, 1.807) is 29.8 Å². The first-order chi connectivity index (χ1) is 13.0. The highest BCUT2D eigenvalue weighted by molar-refractivity contribution is 7.22. The van der Waals surface area contributed by atoms with E-state index in [1.807, 2.05) is 0 Å². The number of anilines is 1. The molecule has 0 radical (unpaired) electrons. The molecule has 3 aromatic heterocycles. The van der Waals surface area contributed by atoms with Crippen LogP contribution in [0.4, 0.5) is 5.13 Å². The van der Waals surface area contributed by atoms with E-state index < -0.39 is 0 Å². The van der Waals surface area contributed by atoms with Gasteiger partial charge in [-0.2, -0.15) is 0 Å². The molecule has 4 aromatic rings. The second kappa shape index (κ2) is 6.67. The fraction of sp³-hybridized carbons (Fsp3) is 0.176. The summed E-state index contributed by atoms with van der Waals surface area (Å²) in [6.07, 6.45) is 1.53. The molecule has 10 heteroatoms. The number of benzene rings is 1. The maximum absolute atomic E-state index is 12.4. The number of rotatable bonds is 4. The third kappa shape index (κ3) is 3.15. The molecule has 1 N–H and O–H groups in total. The summed E-state index contributed by atoms with van der Waals surface area (Å²) < 4.78 is 9.15. The Morgan fingerprint density at radius 2 is 2.19 bits per heavy atom. The molecule has 138 valence electrons. The van der Waals surface area contributed by atoms with Crippen molar-refractivity contribution in [2.75, 3.05) is 12.4 Å². The van der Waals surface area contributed by atoms with Gasteiger partial charge in [0.05, 0.1) is 34.2 Å². The standard InChI is InChI=1S/C17H14ClN5O3S/c1-22-15(25)4-3-11-16(22)19-8-23(11)7-14(24)21-17-20-10-6-12(26-2)9(18)5-13(10)27-17/h3-6,8H,7H2,1-2H3,(H,20,21,24). The number of thiazole rings is 1. The van der Waals surface area contributed by atoms with E-state index in [2.05, 4.69) is 15.3 Å². The van der Waals surface area contributed by atoms with E-state index in [4.69, 9.17) is 16.3 Å². The molecule has 0 spiro atoms. The van der Waals surface area contributed by atoms with Crippen LogP contribution in [0.25, 0.3) is 21.4 Å². The van der Waals surface area contributed by atoms with Gasteiger partial charge in [0.2, 0.25) is 5.91 Å². The molecule has 0 atom stereocenters. The predicted molar refractivity (Wildman–Crippen MR) is 105 cm³/mol. The van der Waals surface area contributed by atoms with Crippen LogP contribution in [0.3, 0.4) is 0 Å². The highest BCUT2D eigenvalue weighted by Gasteiger charge is 2.13. The normalized spacial score (nSPS) is 11.2. The second-order valence-electron chi connectivity index (χ2n) is 5.83. The van der Waals surface area contributed by atoms with E-state index in [9.17, 15) is 9.59 Å². The quantitative estimate of drug-likeness (QED) is 0.565. The fourth-order valence-electron chi connectivity index (χ4n) is 2.76. The first-order valence-electron chi connectivity index (χ1n) is 7.91. The lowest BCUT2D eigenvalue weighted by molar-refractivity contribution is -0.116. The molecule has 4 rings (SSSR count). The second-order valence-corrected chi connectivity index (χ2v) is 7.27. The number of halogens is 1. The molecule has 0 saturated heterocycles. The number of imidazole rings is 1. The molecular weight excluding hydrogens is 390 g/mol. The van der Waals surface area contributed by atoms with Gasteiger partial charge in [-0.3, -0.25) is 14.2 Å². The Bertz CT molecular complexity index is 1240. The van der Waals surface area contributed by atoms with E-state index in [-0.39, 0.29) is 18.0 Å². The molecule has 3 heterocycles. The smallest absolute Gasteiger partial charge is 0.252 e. The zero-order chi connectivity index (χ0) is 19.1. The molecule has 0 aliphatic heterocycles. The van der Waals surface area contributed by atoms with Crippen molar-refractivity contribution in [2.45, 2.75) is 6.54 Å². The predicted octanol–water partition coefficient (Wildman–Crippen LogP) is 2.65. The van der Waals surface area contributed by atoms with Gasteiger partial charge in [-0.15, -0.1) is 0 Å². The van der Waals surface area contributed by atoms with Crippen molar-refractivity contribution < 1.29 is 9.53 Å². The summed E-state index contributed by atoms with van der Waals surface area (Å²) in [6, 6.07) is 6.59. The number of pyridine rings is 1. The van der Waals surface area contributed by atoms with Crippen molar-refractivity contribution in [2.24, 2.45) is 7.05 Å². The summed E-state index contributed by atoms with van der Waals surface area (Å²) in [5, 5.41) is 3.74. The number of hydrogen-bond donors (Lipinski definition) is 1. The Labute approximate surface area is 162 Å². The number of carbonyl (C=O) groups is 1.